The van der Waals surface area contributed by atoms with Gasteiger partial charge in [0.05, 0.1) is 12.5 Å². The first-order chi connectivity index (χ1) is 8.86. The molecule has 0 saturated carbocycles. The lowest BCUT2D eigenvalue weighted by molar-refractivity contribution is -0.149. The molecule has 3 nitrogen and oxygen atoms in total. The molecular weight excluding hydrogens is 240 g/mol. The Morgan fingerprint density at radius 2 is 1.68 bits per heavy atom. The number of ether oxygens (including phenoxy) is 1. The summed E-state index contributed by atoms with van der Waals surface area (Å²) in [6.45, 7) is 13.5. The molecule has 19 heavy (non-hydrogen) atoms. The van der Waals surface area contributed by atoms with Crippen molar-refractivity contribution in [1.82, 2.24) is 0 Å². The maximum Gasteiger partial charge on any atom is 0.309 e. The third kappa shape index (κ3) is 9.23. The van der Waals surface area contributed by atoms with Gasteiger partial charge in [0.25, 0.3) is 0 Å². The molecule has 0 saturated heterocycles. The molecule has 0 aromatic heterocycles. The van der Waals surface area contributed by atoms with Crippen LogP contribution in [0.25, 0.3) is 0 Å². The number of esters is 1. The highest BCUT2D eigenvalue weighted by Crippen LogP contribution is 2.18. The van der Waals surface area contributed by atoms with Crippen molar-refractivity contribution in [3.8, 4) is 0 Å². The van der Waals surface area contributed by atoms with Gasteiger partial charge in [0.15, 0.2) is 0 Å². The first-order valence-electron chi connectivity index (χ1n) is 6.83. The van der Waals surface area contributed by atoms with Crippen LogP contribution < -0.4 is 0 Å². The highest BCUT2D eigenvalue weighted by molar-refractivity contribution is 5.84. The monoisotopic (exact) mass is 266 g/mol. The van der Waals surface area contributed by atoms with E-state index in [0.717, 1.165) is 24.0 Å². The molecular formula is C16H26O3. The number of hydrogen-bond acceptors (Lipinski definition) is 3. The zero-order chi connectivity index (χ0) is 14.8. The number of carbonyl (C=O) groups excluding carboxylic acids is 2. The summed E-state index contributed by atoms with van der Waals surface area (Å²) in [7, 11) is 0. The molecule has 0 aliphatic rings. The lowest BCUT2D eigenvalue weighted by atomic mass is 9.93. The molecule has 0 rings (SSSR count). The molecule has 1 unspecified atom stereocenters. The standard InChI is InChI=1S/C16H26O3/c1-6-19-16(18)14(10-13(4)5)11-15(17)9-7-8-12(2)3/h14H,2,4,6-11H2,1,3,5H3. The zero-order valence-corrected chi connectivity index (χ0v) is 12.5. The summed E-state index contributed by atoms with van der Waals surface area (Å²) >= 11 is 0. The normalized spacial score (nSPS) is 11.7. The minimum Gasteiger partial charge on any atom is -0.466 e. The van der Waals surface area contributed by atoms with Crippen LogP contribution in [0.2, 0.25) is 0 Å². The number of carbonyl (C=O) groups is 2. The predicted octanol–water partition coefficient (Wildman–Crippen LogP) is 3.84. The topological polar surface area (TPSA) is 43.4 Å². The molecule has 0 amide bonds. The van der Waals surface area contributed by atoms with Gasteiger partial charge in [-0.3, -0.25) is 9.59 Å². The van der Waals surface area contributed by atoms with Crippen LogP contribution in [0, 0.1) is 5.92 Å². The van der Waals surface area contributed by atoms with E-state index in [1.54, 1.807) is 6.92 Å². The van der Waals surface area contributed by atoms with Crippen molar-refractivity contribution < 1.29 is 14.3 Å². The Balaban J connectivity index is 4.30. The molecule has 0 bridgehead atoms. The Bertz CT molecular complexity index is 342. The summed E-state index contributed by atoms with van der Waals surface area (Å²) in [5, 5.41) is 0. The van der Waals surface area contributed by atoms with Crippen LogP contribution in [0.4, 0.5) is 0 Å². The van der Waals surface area contributed by atoms with E-state index in [1.807, 2.05) is 13.8 Å². The van der Waals surface area contributed by atoms with Crippen LogP contribution in [0.5, 0.6) is 0 Å². The van der Waals surface area contributed by atoms with Crippen LogP contribution in [0.1, 0.15) is 52.9 Å². The van der Waals surface area contributed by atoms with E-state index in [2.05, 4.69) is 13.2 Å². The number of rotatable bonds is 10. The van der Waals surface area contributed by atoms with E-state index in [1.165, 1.54) is 0 Å². The van der Waals surface area contributed by atoms with Crippen molar-refractivity contribution in [2.24, 2.45) is 5.92 Å². The summed E-state index contributed by atoms with van der Waals surface area (Å²) < 4.78 is 5.00. The Kier molecular flexibility index (Phi) is 8.84. The Hall–Kier alpha value is -1.38. The number of hydrogen-bond donors (Lipinski definition) is 0. The van der Waals surface area contributed by atoms with Gasteiger partial charge in [-0.15, -0.1) is 13.2 Å². The third-order valence-corrected chi connectivity index (χ3v) is 2.75. The molecule has 108 valence electrons. The molecule has 0 N–H and O–H groups in total. The average Bonchev–Trinajstić information content (AvgIpc) is 2.27. The van der Waals surface area contributed by atoms with E-state index < -0.39 is 0 Å². The van der Waals surface area contributed by atoms with Crippen molar-refractivity contribution in [3.63, 3.8) is 0 Å². The van der Waals surface area contributed by atoms with Gasteiger partial charge in [-0.1, -0.05) is 11.1 Å². The highest BCUT2D eigenvalue weighted by Gasteiger charge is 2.22. The zero-order valence-electron chi connectivity index (χ0n) is 12.5. The van der Waals surface area contributed by atoms with Crippen molar-refractivity contribution in [2.45, 2.75) is 52.9 Å². The average molecular weight is 266 g/mol. The highest BCUT2D eigenvalue weighted by atomic mass is 16.5. The molecule has 0 aromatic rings. The summed E-state index contributed by atoms with van der Waals surface area (Å²) in [6, 6.07) is 0. The minimum absolute atomic E-state index is 0.112. The predicted molar refractivity (Wildman–Crippen MR) is 77.8 cm³/mol. The Labute approximate surface area is 116 Å². The lowest BCUT2D eigenvalue weighted by Gasteiger charge is -2.14. The SMILES string of the molecule is C=C(C)CCCC(=O)CC(CC(=C)C)C(=O)OCC. The maximum absolute atomic E-state index is 11.9. The number of ketones is 1. The van der Waals surface area contributed by atoms with Gasteiger partial charge in [0.2, 0.25) is 0 Å². The smallest absolute Gasteiger partial charge is 0.309 e. The molecule has 0 aromatic carbocycles. The first-order valence-corrected chi connectivity index (χ1v) is 6.83. The lowest BCUT2D eigenvalue weighted by Crippen LogP contribution is -2.21. The van der Waals surface area contributed by atoms with Crippen LogP contribution in [0.3, 0.4) is 0 Å². The number of allylic oxidation sites excluding steroid dienone is 2. The van der Waals surface area contributed by atoms with E-state index in [0.29, 0.717) is 19.4 Å². The fourth-order valence-electron chi connectivity index (χ4n) is 1.88. The first kappa shape index (κ1) is 17.6. The van der Waals surface area contributed by atoms with Crippen molar-refractivity contribution in [1.29, 1.82) is 0 Å². The molecule has 0 radical (unpaired) electrons. The van der Waals surface area contributed by atoms with Gasteiger partial charge < -0.3 is 4.74 Å². The summed E-state index contributed by atoms with van der Waals surface area (Å²) in [5.74, 6) is -0.561. The van der Waals surface area contributed by atoms with Gasteiger partial charge in [-0.25, -0.2) is 0 Å². The van der Waals surface area contributed by atoms with Gasteiger partial charge in [-0.05, 0) is 40.0 Å². The molecule has 0 aliphatic heterocycles. The van der Waals surface area contributed by atoms with E-state index in [-0.39, 0.29) is 24.1 Å². The second kappa shape index (κ2) is 9.54. The van der Waals surface area contributed by atoms with Crippen molar-refractivity contribution in [3.05, 3.63) is 24.3 Å². The largest absolute Gasteiger partial charge is 0.466 e. The van der Waals surface area contributed by atoms with Gasteiger partial charge in [0.1, 0.15) is 5.78 Å². The number of Topliss-reactive ketones (excluding diaryl/α,β-unsaturated/α-hetero) is 1. The molecule has 1 atom stereocenters. The fourth-order valence-corrected chi connectivity index (χ4v) is 1.88. The molecule has 3 heteroatoms. The third-order valence-electron chi connectivity index (χ3n) is 2.75. The summed E-state index contributed by atoms with van der Waals surface area (Å²) in [5.41, 5.74) is 1.98. The summed E-state index contributed by atoms with van der Waals surface area (Å²) in [6.07, 6.45) is 2.93. The van der Waals surface area contributed by atoms with Crippen LogP contribution >= 0.6 is 0 Å². The van der Waals surface area contributed by atoms with Crippen LogP contribution in [0.15, 0.2) is 24.3 Å². The Morgan fingerprint density at radius 1 is 1.05 bits per heavy atom. The van der Waals surface area contributed by atoms with Crippen molar-refractivity contribution in [2.75, 3.05) is 6.61 Å². The molecule has 0 aliphatic carbocycles. The van der Waals surface area contributed by atoms with E-state index in [9.17, 15) is 9.59 Å². The van der Waals surface area contributed by atoms with Gasteiger partial charge in [0, 0.05) is 12.8 Å². The second-order valence-corrected chi connectivity index (χ2v) is 5.16. The quantitative estimate of drug-likeness (QED) is 0.446. The second-order valence-electron chi connectivity index (χ2n) is 5.16. The van der Waals surface area contributed by atoms with Gasteiger partial charge >= 0.3 is 5.97 Å². The molecule has 0 fully saturated rings. The van der Waals surface area contributed by atoms with E-state index in [4.69, 9.17) is 4.74 Å². The molecule has 0 heterocycles. The van der Waals surface area contributed by atoms with E-state index >= 15 is 0 Å². The van der Waals surface area contributed by atoms with Crippen molar-refractivity contribution >= 4 is 11.8 Å². The van der Waals surface area contributed by atoms with Crippen LogP contribution in [-0.2, 0) is 14.3 Å². The minimum atomic E-state index is -0.380. The maximum atomic E-state index is 11.9. The fraction of sp³-hybridized carbons (Fsp3) is 0.625. The molecule has 0 spiro atoms. The Morgan fingerprint density at radius 3 is 2.16 bits per heavy atom. The van der Waals surface area contributed by atoms with Gasteiger partial charge in [-0.2, -0.15) is 0 Å². The summed E-state index contributed by atoms with van der Waals surface area (Å²) in [4.78, 5) is 23.6. The van der Waals surface area contributed by atoms with Crippen LogP contribution in [-0.4, -0.2) is 18.4 Å².